The van der Waals surface area contributed by atoms with Gasteiger partial charge in [0.05, 0.1) is 18.2 Å². The van der Waals surface area contributed by atoms with Crippen molar-refractivity contribution in [1.29, 1.82) is 0 Å². The van der Waals surface area contributed by atoms with Gasteiger partial charge in [-0.3, -0.25) is 0 Å². The van der Waals surface area contributed by atoms with E-state index >= 15 is 0 Å². The van der Waals surface area contributed by atoms with Crippen LogP contribution in [0.4, 0.5) is 0 Å². The summed E-state index contributed by atoms with van der Waals surface area (Å²) in [6.45, 7) is 0.161. The molecule has 0 saturated heterocycles. The quantitative estimate of drug-likeness (QED) is 0.695. The fourth-order valence-electron chi connectivity index (χ4n) is 1.92. The van der Waals surface area contributed by atoms with Gasteiger partial charge in [0.15, 0.2) is 0 Å². The van der Waals surface area contributed by atoms with E-state index < -0.39 is 6.04 Å². The van der Waals surface area contributed by atoms with Crippen LogP contribution in [-0.4, -0.2) is 42.9 Å². The maximum absolute atomic E-state index is 8.95. The number of aliphatic hydroxyl groups excluding tert-OH is 1. The first kappa shape index (κ1) is 16.3. The van der Waals surface area contributed by atoms with Crippen LogP contribution >= 0.6 is 11.6 Å². The number of nitrogens with zero attached hydrogens (tertiary/aromatic N) is 5. The molecule has 3 N–H and O–H groups in total. The largest absolute Gasteiger partial charge is 0.439 e. The van der Waals surface area contributed by atoms with Gasteiger partial charge in [0, 0.05) is 23.9 Å². The minimum atomic E-state index is -0.422. The van der Waals surface area contributed by atoms with Gasteiger partial charge in [0.1, 0.15) is 5.75 Å². The molecule has 1 aromatic carbocycles. The summed E-state index contributed by atoms with van der Waals surface area (Å²) in [6, 6.07) is 10.2. The molecule has 3 aromatic rings. The average molecular weight is 347 g/mol. The summed E-state index contributed by atoms with van der Waals surface area (Å²) in [6.07, 6.45) is 1.52. The van der Waals surface area contributed by atoms with E-state index in [-0.39, 0.29) is 6.61 Å². The van der Waals surface area contributed by atoms with Crippen molar-refractivity contribution in [3.05, 3.63) is 47.6 Å². The third kappa shape index (κ3) is 4.05. The minimum Gasteiger partial charge on any atom is -0.439 e. The van der Waals surface area contributed by atoms with Crippen LogP contribution in [0.5, 0.6) is 11.6 Å². The smallest absolute Gasteiger partial charge is 0.219 e. The highest BCUT2D eigenvalue weighted by Crippen LogP contribution is 2.23. The number of nitrogens with two attached hydrogens (primary N) is 1. The van der Waals surface area contributed by atoms with E-state index in [4.69, 9.17) is 27.2 Å². The fraction of sp³-hybridized carbons (Fsp3) is 0.200. The zero-order chi connectivity index (χ0) is 16.9. The Kier molecular flexibility index (Phi) is 4.99. The van der Waals surface area contributed by atoms with Crippen molar-refractivity contribution in [2.24, 2.45) is 5.73 Å². The third-order valence-corrected chi connectivity index (χ3v) is 3.34. The predicted octanol–water partition coefficient (Wildman–Crippen LogP) is 1.50. The molecule has 0 aliphatic rings. The molecule has 0 aliphatic carbocycles. The van der Waals surface area contributed by atoms with E-state index in [1.54, 1.807) is 24.3 Å². The van der Waals surface area contributed by atoms with Crippen LogP contribution in [0.25, 0.3) is 11.4 Å². The summed E-state index contributed by atoms with van der Waals surface area (Å²) >= 11 is 5.78. The zero-order valence-corrected chi connectivity index (χ0v) is 13.3. The summed E-state index contributed by atoms with van der Waals surface area (Å²) < 4.78 is 5.62. The molecule has 2 heterocycles. The summed E-state index contributed by atoms with van der Waals surface area (Å²) in [5.41, 5.74) is 6.43. The lowest BCUT2D eigenvalue weighted by Crippen LogP contribution is -2.30. The Labute approximate surface area is 142 Å². The number of benzene rings is 1. The van der Waals surface area contributed by atoms with Crippen LogP contribution in [0.2, 0.25) is 5.02 Å². The Hall–Kier alpha value is -2.55. The highest BCUT2D eigenvalue weighted by Gasteiger charge is 2.09. The summed E-state index contributed by atoms with van der Waals surface area (Å²) in [5.74, 6) is 1.55. The van der Waals surface area contributed by atoms with Crippen LogP contribution in [0.1, 0.15) is 0 Å². The van der Waals surface area contributed by atoms with E-state index in [2.05, 4.69) is 20.4 Å². The summed E-state index contributed by atoms with van der Waals surface area (Å²) in [4.78, 5) is 5.43. The highest BCUT2D eigenvalue weighted by molar-refractivity contribution is 6.30. The molecule has 3 rings (SSSR count). The lowest BCUT2D eigenvalue weighted by atomic mass is 10.2. The van der Waals surface area contributed by atoms with Crippen LogP contribution < -0.4 is 10.5 Å². The summed E-state index contributed by atoms with van der Waals surface area (Å²) in [5, 5.41) is 21.6. The molecule has 0 aliphatic heterocycles. The van der Waals surface area contributed by atoms with E-state index in [1.165, 1.54) is 11.0 Å². The Morgan fingerprint density at radius 1 is 1.21 bits per heavy atom. The van der Waals surface area contributed by atoms with Gasteiger partial charge in [0.25, 0.3) is 0 Å². The number of halogens is 1. The number of aromatic nitrogens is 5. The molecular formula is C15H15ClN6O2. The normalized spacial score (nSPS) is 12.1. The fourth-order valence-corrected chi connectivity index (χ4v) is 2.03. The van der Waals surface area contributed by atoms with Crippen molar-refractivity contribution in [2.45, 2.75) is 12.6 Å². The van der Waals surface area contributed by atoms with Gasteiger partial charge in [0.2, 0.25) is 11.7 Å². The van der Waals surface area contributed by atoms with Gasteiger partial charge in [-0.2, -0.15) is 4.80 Å². The molecule has 0 spiro atoms. The van der Waals surface area contributed by atoms with Crippen LogP contribution in [0.3, 0.4) is 0 Å². The van der Waals surface area contributed by atoms with Gasteiger partial charge >= 0.3 is 0 Å². The molecule has 8 nitrogen and oxygen atoms in total. The Bertz CT molecular complexity index is 790. The van der Waals surface area contributed by atoms with Crippen LogP contribution in [0.15, 0.2) is 42.6 Å². The lowest BCUT2D eigenvalue weighted by Gasteiger charge is -2.05. The highest BCUT2D eigenvalue weighted by atomic mass is 35.5. The van der Waals surface area contributed by atoms with Crippen LogP contribution in [-0.2, 0) is 6.54 Å². The number of hydrogen-bond donors (Lipinski definition) is 2. The molecule has 24 heavy (non-hydrogen) atoms. The van der Waals surface area contributed by atoms with Crippen molar-refractivity contribution in [1.82, 2.24) is 25.2 Å². The topological polar surface area (TPSA) is 112 Å². The molecular weight excluding hydrogens is 332 g/mol. The molecule has 0 saturated carbocycles. The molecule has 0 fully saturated rings. The first-order valence-corrected chi connectivity index (χ1v) is 7.56. The lowest BCUT2D eigenvalue weighted by molar-refractivity contribution is 0.245. The van der Waals surface area contributed by atoms with E-state index in [0.29, 0.717) is 29.0 Å². The van der Waals surface area contributed by atoms with E-state index in [9.17, 15) is 0 Å². The van der Waals surface area contributed by atoms with Gasteiger partial charge in [-0.25, -0.2) is 4.98 Å². The first-order valence-electron chi connectivity index (χ1n) is 7.18. The Morgan fingerprint density at radius 3 is 2.67 bits per heavy atom. The number of hydrogen-bond acceptors (Lipinski definition) is 7. The first-order chi connectivity index (χ1) is 11.6. The van der Waals surface area contributed by atoms with E-state index in [1.807, 2.05) is 12.1 Å². The van der Waals surface area contributed by atoms with Crippen molar-refractivity contribution in [2.75, 3.05) is 6.61 Å². The van der Waals surface area contributed by atoms with Crippen molar-refractivity contribution < 1.29 is 9.84 Å². The van der Waals surface area contributed by atoms with Gasteiger partial charge in [-0.1, -0.05) is 11.6 Å². The molecule has 124 valence electrons. The van der Waals surface area contributed by atoms with Gasteiger partial charge in [-0.05, 0) is 35.5 Å². The average Bonchev–Trinajstić information content (AvgIpc) is 3.06. The van der Waals surface area contributed by atoms with Crippen molar-refractivity contribution >= 4 is 11.6 Å². The van der Waals surface area contributed by atoms with Crippen LogP contribution in [0, 0.1) is 0 Å². The maximum atomic E-state index is 8.95. The van der Waals surface area contributed by atoms with Crippen molar-refractivity contribution in [3.63, 3.8) is 0 Å². The zero-order valence-electron chi connectivity index (χ0n) is 12.6. The Balaban J connectivity index is 1.69. The second kappa shape index (κ2) is 7.35. The SMILES string of the molecule is NC(CO)Cn1nnc(-c2ccc(Oc3ccc(Cl)cn3)cc2)n1. The molecule has 0 bridgehead atoms. The third-order valence-electron chi connectivity index (χ3n) is 3.12. The number of ether oxygens (including phenoxy) is 1. The second-order valence-electron chi connectivity index (χ2n) is 5.05. The number of tetrazole rings is 1. The Morgan fingerprint density at radius 2 is 2.00 bits per heavy atom. The van der Waals surface area contributed by atoms with E-state index in [0.717, 1.165) is 5.56 Å². The molecule has 1 unspecified atom stereocenters. The van der Waals surface area contributed by atoms with Crippen molar-refractivity contribution in [3.8, 4) is 23.0 Å². The number of pyridine rings is 1. The summed E-state index contributed by atoms with van der Waals surface area (Å²) in [7, 11) is 0. The molecule has 0 amide bonds. The minimum absolute atomic E-state index is 0.137. The molecule has 9 heteroatoms. The molecule has 2 aromatic heterocycles. The standard InChI is InChI=1S/C15H15ClN6O2/c16-11-3-6-14(18-7-11)24-13-4-1-10(2-5-13)15-19-21-22(20-15)8-12(17)9-23/h1-7,12,23H,8-9,17H2. The molecule has 0 radical (unpaired) electrons. The second-order valence-corrected chi connectivity index (χ2v) is 5.49. The van der Waals surface area contributed by atoms with Gasteiger partial charge in [-0.15, -0.1) is 10.2 Å². The number of rotatable bonds is 6. The maximum Gasteiger partial charge on any atom is 0.219 e. The van der Waals surface area contributed by atoms with Gasteiger partial charge < -0.3 is 15.6 Å². The monoisotopic (exact) mass is 346 g/mol. The molecule has 1 atom stereocenters. The number of aliphatic hydroxyl groups is 1. The predicted molar refractivity (Wildman–Crippen MR) is 87.6 cm³/mol.